The van der Waals surface area contributed by atoms with E-state index in [4.69, 9.17) is 0 Å². The van der Waals surface area contributed by atoms with E-state index in [0.29, 0.717) is 5.92 Å². The number of carbonyl (C=O) groups excluding carboxylic acids is 1. The van der Waals surface area contributed by atoms with Crippen LogP contribution in [-0.4, -0.2) is 59.0 Å². The van der Waals surface area contributed by atoms with Gasteiger partial charge in [0.15, 0.2) is 0 Å². The summed E-state index contributed by atoms with van der Waals surface area (Å²) in [6.07, 6.45) is 10.7. The maximum atomic E-state index is 12.8. The first-order valence-corrected chi connectivity index (χ1v) is 11.9. The third-order valence-corrected chi connectivity index (χ3v) is 7.23. The molecule has 1 aliphatic carbocycles. The first kappa shape index (κ1) is 20.3. The fourth-order valence-corrected chi connectivity index (χ4v) is 5.05. The Morgan fingerprint density at radius 1 is 1.26 bits per heavy atom. The molecular formula is C19H32N4O3S. The quantitative estimate of drug-likeness (QED) is 0.737. The highest BCUT2D eigenvalue weighted by atomic mass is 32.2. The predicted octanol–water partition coefficient (Wildman–Crippen LogP) is 2.02. The van der Waals surface area contributed by atoms with Crippen molar-refractivity contribution in [2.24, 2.45) is 5.92 Å². The molecule has 0 bridgehead atoms. The largest absolute Gasteiger partial charge is 0.341 e. The molecule has 0 radical (unpaired) electrons. The molecule has 2 atom stereocenters. The van der Waals surface area contributed by atoms with Gasteiger partial charge in [-0.05, 0) is 31.6 Å². The molecule has 1 fully saturated rings. The third-order valence-electron chi connectivity index (χ3n) is 6.03. The van der Waals surface area contributed by atoms with Crippen LogP contribution in [0.5, 0.6) is 0 Å². The number of fused-ring (bicyclic) bond motifs is 1. The average Bonchev–Trinajstić information content (AvgIpc) is 3.02. The molecule has 1 aliphatic heterocycles. The molecule has 2 heterocycles. The van der Waals surface area contributed by atoms with Crippen molar-refractivity contribution < 1.29 is 13.2 Å². The van der Waals surface area contributed by atoms with E-state index in [-0.39, 0.29) is 25.0 Å². The molecule has 0 N–H and O–H groups in total. The summed E-state index contributed by atoms with van der Waals surface area (Å²) in [4.78, 5) is 19.2. The Bertz CT molecular complexity index is 750. The van der Waals surface area contributed by atoms with Gasteiger partial charge in [0.25, 0.3) is 0 Å². The molecule has 0 saturated heterocycles. The van der Waals surface area contributed by atoms with E-state index < -0.39 is 10.0 Å². The molecule has 0 spiro atoms. The number of rotatable bonds is 6. The zero-order chi connectivity index (χ0) is 19.6. The molecule has 27 heavy (non-hydrogen) atoms. The second-order valence-corrected chi connectivity index (χ2v) is 10.1. The van der Waals surface area contributed by atoms with Crippen LogP contribution in [0.3, 0.4) is 0 Å². The fraction of sp³-hybridized carbons (Fsp3) is 0.789. The van der Waals surface area contributed by atoms with Gasteiger partial charge in [-0.2, -0.15) is 4.31 Å². The van der Waals surface area contributed by atoms with Gasteiger partial charge in [-0.15, -0.1) is 0 Å². The Morgan fingerprint density at radius 2 is 2.00 bits per heavy atom. The van der Waals surface area contributed by atoms with E-state index in [9.17, 15) is 13.2 Å². The zero-order valence-electron chi connectivity index (χ0n) is 16.7. The lowest BCUT2D eigenvalue weighted by atomic mass is 9.85. The normalized spacial score (nSPS) is 23.3. The van der Waals surface area contributed by atoms with Crippen LogP contribution in [-0.2, 0) is 34.3 Å². The van der Waals surface area contributed by atoms with Crippen molar-refractivity contribution in [2.75, 3.05) is 19.8 Å². The molecule has 0 aromatic carbocycles. The van der Waals surface area contributed by atoms with E-state index in [1.165, 1.54) is 17.0 Å². The number of nitrogens with zero attached hydrogens (tertiary/aromatic N) is 4. The molecule has 8 heteroatoms. The van der Waals surface area contributed by atoms with Crippen LogP contribution in [0.15, 0.2) is 6.20 Å². The molecular weight excluding hydrogens is 364 g/mol. The fourth-order valence-electron chi connectivity index (χ4n) is 4.34. The van der Waals surface area contributed by atoms with E-state index >= 15 is 0 Å². The molecule has 1 saturated carbocycles. The standard InChI is InChI=1S/C19H32N4O3S/c1-15-8-4-5-9-17(15)21(2)19(24)14-23(27(3,25)26)13-16-12-22-11-7-6-10-18(22)20-16/h12,15,17H,4-11,13-14H2,1-3H3/t15-,17-/m1/s1. The summed E-state index contributed by atoms with van der Waals surface area (Å²) in [5, 5.41) is 0. The molecule has 152 valence electrons. The highest BCUT2D eigenvalue weighted by molar-refractivity contribution is 7.88. The van der Waals surface area contributed by atoms with Crippen molar-refractivity contribution in [3.63, 3.8) is 0 Å². The van der Waals surface area contributed by atoms with Gasteiger partial charge in [-0.25, -0.2) is 13.4 Å². The third kappa shape index (κ3) is 4.90. The number of amides is 1. The van der Waals surface area contributed by atoms with Crippen molar-refractivity contribution in [3.05, 3.63) is 17.7 Å². The number of aryl methyl sites for hydroxylation is 2. The van der Waals surface area contributed by atoms with E-state index in [0.717, 1.165) is 56.6 Å². The van der Waals surface area contributed by atoms with Gasteiger partial charge < -0.3 is 9.47 Å². The summed E-state index contributed by atoms with van der Waals surface area (Å²) < 4.78 is 28.0. The van der Waals surface area contributed by atoms with Gasteiger partial charge in [-0.3, -0.25) is 4.79 Å². The Labute approximate surface area is 162 Å². The molecule has 2 aliphatic rings. The first-order chi connectivity index (χ1) is 12.8. The summed E-state index contributed by atoms with van der Waals surface area (Å²) in [6, 6.07) is 0.201. The lowest BCUT2D eigenvalue weighted by molar-refractivity contribution is -0.133. The number of sulfonamides is 1. The molecule has 1 amide bonds. The number of likely N-dealkylation sites (N-methyl/N-ethyl adjacent to an activating group) is 1. The Morgan fingerprint density at radius 3 is 2.67 bits per heavy atom. The van der Waals surface area contributed by atoms with E-state index in [1.54, 1.807) is 4.90 Å². The molecule has 1 aromatic heterocycles. The van der Waals surface area contributed by atoms with Gasteiger partial charge in [0.05, 0.1) is 25.0 Å². The molecule has 1 aromatic rings. The summed E-state index contributed by atoms with van der Waals surface area (Å²) in [5.41, 5.74) is 0.721. The molecule has 7 nitrogen and oxygen atoms in total. The average molecular weight is 397 g/mol. The van der Waals surface area contributed by atoms with Crippen LogP contribution >= 0.6 is 0 Å². The Kier molecular flexibility index (Phi) is 6.25. The van der Waals surface area contributed by atoms with Crippen LogP contribution in [0.4, 0.5) is 0 Å². The van der Waals surface area contributed by atoms with Gasteiger partial charge in [0.1, 0.15) is 5.82 Å². The number of imidazole rings is 1. The van der Waals surface area contributed by atoms with Crippen LogP contribution < -0.4 is 0 Å². The lowest BCUT2D eigenvalue weighted by Crippen LogP contribution is -2.47. The van der Waals surface area contributed by atoms with Crippen LogP contribution in [0, 0.1) is 5.92 Å². The molecule has 0 unspecified atom stereocenters. The highest BCUT2D eigenvalue weighted by Crippen LogP contribution is 2.27. The van der Waals surface area contributed by atoms with Gasteiger partial charge in [0.2, 0.25) is 15.9 Å². The smallest absolute Gasteiger partial charge is 0.237 e. The van der Waals surface area contributed by atoms with Gasteiger partial charge >= 0.3 is 0 Å². The predicted molar refractivity (Wildman–Crippen MR) is 105 cm³/mol. The monoisotopic (exact) mass is 396 g/mol. The van der Waals surface area contributed by atoms with Gasteiger partial charge in [0, 0.05) is 32.3 Å². The minimum Gasteiger partial charge on any atom is -0.341 e. The van der Waals surface area contributed by atoms with Crippen LogP contribution in [0.2, 0.25) is 0 Å². The topological polar surface area (TPSA) is 75.5 Å². The maximum Gasteiger partial charge on any atom is 0.237 e. The van der Waals surface area contributed by atoms with Gasteiger partial charge in [-0.1, -0.05) is 19.8 Å². The Balaban J connectivity index is 1.69. The maximum absolute atomic E-state index is 12.8. The van der Waals surface area contributed by atoms with E-state index in [1.807, 2.05) is 13.2 Å². The molecule has 3 rings (SSSR count). The number of hydrogen-bond acceptors (Lipinski definition) is 4. The van der Waals surface area contributed by atoms with E-state index in [2.05, 4.69) is 16.5 Å². The SMILES string of the molecule is C[C@@H]1CCCC[C@H]1N(C)C(=O)CN(Cc1cn2c(n1)CCCC2)S(C)(=O)=O. The summed E-state index contributed by atoms with van der Waals surface area (Å²) >= 11 is 0. The van der Waals surface area contributed by atoms with Crippen LogP contribution in [0.1, 0.15) is 57.0 Å². The van der Waals surface area contributed by atoms with Crippen molar-refractivity contribution in [3.8, 4) is 0 Å². The van der Waals surface area contributed by atoms with Crippen molar-refractivity contribution in [2.45, 2.75) is 71.0 Å². The second-order valence-electron chi connectivity index (χ2n) is 8.16. The zero-order valence-corrected chi connectivity index (χ0v) is 17.5. The highest BCUT2D eigenvalue weighted by Gasteiger charge is 2.30. The summed E-state index contributed by atoms with van der Waals surface area (Å²) in [6.45, 7) is 3.14. The minimum atomic E-state index is -3.50. The number of carbonyl (C=O) groups is 1. The van der Waals surface area contributed by atoms with Crippen molar-refractivity contribution in [1.82, 2.24) is 18.8 Å². The summed E-state index contributed by atoms with van der Waals surface area (Å²) in [7, 11) is -1.69. The van der Waals surface area contributed by atoms with Crippen molar-refractivity contribution in [1.29, 1.82) is 0 Å². The first-order valence-electron chi connectivity index (χ1n) is 10.0. The Hall–Kier alpha value is -1.41. The summed E-state index contributed by atoms with van der Waals surface area (Å²) in [5.74, 6) is 1.34. The second kappa shape index (κ2) is 8.31. The minimum absolute atomic E-state index is 0.124. The number of aromatic nitrogens is 2. The van der Waals surface area contributed by atoms with Crippen LogP contribution in [0.25, 0.3) is 0 Å². The van der Waals surface area contributed by atoms with Crippen molar-refractivity contribution >= 4 is 15.9 Å². The lowest BCUT2D eigenvalue weighted by Gasteiger charge is -2.37. The number of hydrogen-bond donors (Lipinski definition) is 0.